The van der Waals surface area contributed by atoms with Crippen molar-refractivity contribution in [3.8, 4) is 5.75 Å². The van der Waals surface area contributed by atoms with Crippen LogP contribution in [0.4, 0.5) is 0 Å². The lowest BCUT2D eigenvalue weighted by molar-refractivity contribution is 0.0524. The zero-order valence-corrected chi connectivity index (χ0v) is 18.4. The minimum Gasteiger partial charge on any atom is -0.491 e. The predicted molar refractivity (Wildman–Crippen MR) is 116 cm³/mol. The molecule has 2 atom stereocenters. The molecule has 0 spiro atoms. The number of ether oxygens (including phenoxy) is 1. The molecule has 1 aliphatic rings. The van der Waals surface area contributed by atoms with E-state index in [4.69, 9.17) is 16.3 Å². The van der Waals surface area contributed by atoms with Gasteiger partial charge in [-0.15, -0.1) is 0 Å². The number of rotatable bonds is 8. The van der Waals surface area contributed by atoms with E-state index in [0.717, 1.165) is 11.1 Å². The normalized spacial score (nSPS) is 19.4. The van der Waals surface area contributed by atoms with Crippen LogP contribution in [0.3, 0.4) is 0 Å². The molecule has 0 amide bonds. The number of sulfone groups is 1. The summed E-state index contributed by atoms with van der Waals surface area (Å²) in [5.74, 6) is 1.02. The fourth-order valence-corrected chi connectivity index (χ4v) is 5.53. The molecule has 1 fully saturated rings. The maximum absolute atomic E-state index is 12.0. The van der Waals surface area contributed by atoms with Crippen molar-refractivity contribution in [1.29, 1.82) is 0 Å². The molecule has 3 rings (SSSR count). The van der Waals surface area contributed by atoms with Crippen LogP contribution in [0.5, 0.6) is 5.75 Å². The molecular weight excluding hydrogens is 410 g/mol. The fourth-order valence-electron chi connectivity index (χ4n) is 3.57. The highest BCUT2D eigenvalue weighted by atomic mass is 35.5. The monoisotopic (exact) mass is 437 g/mol. The van der Waals surface area contributed by atoms with E-state index >= 15 is 0 Å². The third kappa shape index (κ3) is 6.19. The number of hydrogen-bond acceptors (Lipinski definition) is 5. The average molecular weight is 438 g/mol. The number of nitrogens with zero attached hydrogens (tertiary/aromatic N) is 1. The number of halogens is 1. The first-order valence-corrected chi connectivity index (χ1v) is 12.0. The topological polar surface area (TPSA) is 66.8 Å². The molecule has 0 radical (unpaired) electrons. The third-order valence-corrected chi connectivity index (χ3v) is 7.54. The average Bonchev–Trinajstić information content (AvgIpc) is 3.03. The van der Waals surface area contributed by atoms with Gasteiger partial charge in [-0.1, -0.05) is 35.9 Å². The molecule has 1 N–H and O–H groups in total. The summed E-state index contributed by atoms with van der Waals surface area (Å²) >= 11 is 6.30. The van der Waals surface area contributed by atoms with Crippen LogP contribution in [0, 0.1) is 13.8 Å². The summed E-state index contributed by atoms with van der Waals surface area (Å²) in [5.41, 5.74) is 3.24. The second-order valence-corrected chi connectivity index (χ2v) is 10.4. The lowest BCUT2D eigenvalue weighted by Gasteiger charge is -2.30. The van der Waals surface area contributed by atoms with Crippen molar-refractivity contribution in [1.82, 2.24) is 4.90 Å². The minimum atomic E-state index is -3.03. The SMILES string of the molecule is Cc1ccc(OCC(O)CN(Cc2ccccc2Cl)C2CCS(=O)(=O)C2)cc1C. The van der Waals surface area contributed by atoms with Gasteiger partial charge >= 0.3 is 0 Å². The Kier molecular flexibility index (Phi) is 7.22. The van der Waals surface area contributed by atoms with Crippen molar-refractivity contribution in [2.24, 2.45) is 0 Å². The second-order valence-electron chi connectivity index (χ2n) is 7.79. The maximum Gasteiger partial charge on any atom is 0.151 e. The zero-order valence-electron chi connectivity index (χ0n) is 16.8. The van der Waals surface area contributed by atoms with Gasteiger partial charge in [-0.2, -0.15) is 0 Å². The van der Waals surface area contributed by atoms with Gasteiger partial charge in [0.1, 0.15) is 18.5 Å². The highest BCUT2D eigenvalue weighted by Gasteiger charge is 2.33. The summed E-state index contributed by atoms with van der Waals surface area (Å²) in [5, 5.41) is 11.2. The first kappa shape index (κ1) is 22.1. The van der Waals surface area contributed by atoms with E-state index in [2.05, 4.69) is 0 Å². The number of benzene rings is 2. The summed E-state index contributed by atoms with van der Waals surface area (Å²) in [6.07, 6.45) is -0.181. The Bertz CT molecular complexity index is 948. The molecule has 0 bridgehead atoms. The van der Waals surface area contributed by atoms with Crippen molar-refractivity contribution in [3.05, 3.63) is 64.2 Å². The van der Waals surface area contributed by atoms with E-state index in [0.29, 0.717) is 30.3 Å². The molecule has 1 heterocycles. The van der Waals surface area contributed by atoms with Gasteiger partial charge in [-0.05, 0) is 55.2 Å². The van der Waals surface area contributed by atoms with Gasteiger partial charge in [0.2, 0.25) is 0 Å². The number of aliphatic hydroxyl groups is 1. The van der Waals surface area contributed by atoms with Crippen LogP contribution >= 0.6 is 11.6 Å². The molecule has 2 aromatic rings. The quantitative estimate of drug-likeness (QED) is 0.685. The van der Waals surface area contributed by atoms with Gasteiger partial charge in [0.05, 0.1) is 11.5 Å². The van der Waals surface area contributed by atoms with Crippen LogP contribution in [0.25, 0.3) is 0 Å². The van der Waals surface area contributed by atoms with Crippen LogP contribution in [0.15, 0.2) is 42.5 Å². The van der Waals surface area contributed by atoms with Gasteiger partial charge < -0.3 is 9.84 Å². The first-order valence-electron chi connectivity index (χ1n) is 9.79. The summed E-state index contributed by atoms with van der Waals surface area (Å²) in [6.45, 7) is 5.00. The number of aryl methyl sites for hydroxylation is 2. The lowest BCUT2D eigenvalue weighted by Crippen LogP contribution is -2.42. The largest absolute Gasteiger partial charge is 0.491 e. The van der Waals surface area contributed by atoms with Crippen molar-refractivity contribution in [3.63, 3.8) is 0 Å². The second kappa shape index (κ2) is 9.47. The lowest BCUT2D eigenvalue weighted by atomic mass is 10.1. The van der Waals surface area contributed by atoms with E-state index in [-0.39, 0.29) is 24.2 Å². The van der Waals surface area contributed by atoms with E-state index in [1.807, 2.05) is 61.2 Å². The third-order valence-electron chi connectivity index (χ3n) is 5.42. The van der Waals surface area contributed by atoms with E-state index in [1.165, 1.54) is 5.56 Å². The fraction of sp³-hybridized carbons (Fsp3) is 0.455. The van der Waals surface area contributed by atoms with Crippen LogP contribution in [0.1, 0.15) is 23.1 Å². The van der Waals surface area contributed by atoms with Gasteiger partial charge in [0, 0.05) is 24.2 Å². The van der Waals surface area contributed by atoms with Crippen LogP contribution < -0.4 is 4.74 Å². The molecule has 1 saturated heterocycles. The van der Waals surface area contributed by atoms with E-state index in [1.54, 1.807) is 0 Å². The van der Waals surface area contributed by atoms with Crippen LogP contribution in [-0.2, 0) is 16.4 Å². The molecule has 5 nitrogen and oxygen atoms in total. The Morgan fingerprint density at radius 3 is 2.62 bits per heavy atom. The Balaban J connectivity index is 1.66. The van der Waals surface area contributed by atoms with Crippen LogP contribution in [-0.4, -0.2) is 55.2 Å². The van der Waals surface area contributed by atoms with Crippen molar-refractivity contribution < 1.29 is 18.3 Å². The summed E-state index contributed by atoms with van der Waals surface area (Å²) in [6, 6.07) is 13.2. The van der Waals surface area contributed by atoms with Crippen molar-refractivity contribution >= 4 is 21.4 Å². The predicted octanol–water partition coefficient (Wildman–Crippen LogP) is 3.39. The van der Waals surface area contributed by atoms with Gasteiger partial charge in [0.15, 0.2) is 9.84 Å². The molecule has 2 aromatic carbocycles. The zero-order chi connectivity index (χ0) is 21.0. The highest BCUT2D eigenvalue weighted by molar-refractivity contribution is 7.91. The standard InChI is InChI=1S/C22H28ClNO4S/c1-16-7-8-21(11-17(16)2)28-14-20(25)13-24(19-9-10-29(26,27)15-19)12-18-5-3-4-6-22(18)23/h3-8,11,19-20,25H,9-10,12-15H2,1-2H3. The molecule has 158 valence electrons. The van der Waals surface area contributed by atoms with E-state index < -0.39 is 15.9 Å². The van der Waals surface area contributed by atoms with Gasteiger partial charge in [-0.3, -0.25) is 4.90 Å². The Morgan fingerprint density at radius 1 is 1.21 bits per heavy atom. The molecule has 1 aliphatic heterocycles. The minimum absolute atomic E-state index is 0.113. The van der Waals surface area contributed by atoms with E-state index in [9.17, 15) is 13.5 Å². The smallest absolute Gasteiger partial charge is 0.151 e. The summed E-state index contributed by atoms with van der Waals surface area (Å²) < 4.78 is 29.7. The Hall–Kier alpha value is -1.60. The molecule has 2 unspecified atom stereocenters. The molecule has 0 aromatic heterocycles. The van der Waals surface area contributed by atoms with Crippen molar-refractivity contribution in [2.75, 3.05) is 24.7 Å². The first-order chi connectivity index (χ1) is 13.7. The molecular formula is C22H28ClNO4S. The Labute approximate surface area is 178 Å². The molecule has 0 saturated carbocycles. The van der Waals surface area contributed by atoms with Crippen LogP contribution in [0.2, 0.25) is 5.02 Å². The molecule has 29 heavy (non-hydrogen) atoms. The van der Waals surface area contributed by atoms with Crippen molar-refractivity contribution in [2.45, 2.75) is 39.0 Å². The summed E-state index contributed by atoms with van der Waals surface area (Å²) in [4.78, 5) is 2.01. The Morgan fingerprint density at radius 2 is 1.97 bits per heavy atom. The molecule has 7 heteroatoms. The maximum atomic E-state index is 12.0. The molecule has 0 aliphatic carbocycles. The van der Waals surface area contributed by atoms with Gasteiger partial charge in [-0.25, -0.2) is 8.42 Å². The number of aliphatic hydroxyl groups excluding tert-OH is 1. The summed E-state index contributed by atoms with van der Waals surface area (Å²) in [7, 11) is -3.03. The number of hydrogen-bond donors (Lipinski definition) is 1. The highest BCUT2D eigenvalue weighted by Crippen LogP contribution is 2.24. The van der Waals surface area contributed by atoms with Gasteiger partial charge in [0.25, 0.3) is 0 Å².